The molecule has 0 radical (unpaired) electrons. The molecule has 2 aromatic rings. The van der Waals surface area contributed by atoms with Crippen molar-refractivity contribution >= 4 is 39.5 Å². The van der Waals surface area contributed by atoms with Crippen molar-refractivity contribution in [1.82, 2.24) is 20.5 Å². The Morgan fingerprint density at radius 1 is 1.03 bits per heavy atom. The van der Waals surface area contributed by atoms with Crippen LogP contribution in [-0.2, 0) is 14.8 Å². The van der Waals surface area contributed by atoms with Crippen LogP contribution in [0.3, 0.4) is 0 Å². The van der Waals surface area contributed by atoms with Gasteiger partial charge in [-0.15, -0.1) is 0 Å². The Morgan fingerprint density at radius 3 is 2.39 bits per heavy atom. The van der Waals surface area contributed by atoms with Gasteiger partial charge in [-0.25, -0.2) is 13.2 Å². The van der Waals surface area contributed by atoms with Crippen molar-refractivity contribution in [3.63, 3.8) is 0 Å². The molecule has 1 fully saturated rings. The van der Waals surface area contributed by atoms with Crippen LogP contribution in [0.2, 0.25) is 5.02 Å². The number of sulfonamides is 1. The molecule has 1 heterocycles. The van der Waals surface area contributed by atoms with Crippen molar-refractivity contribution in [2.45, 2.75) is 30.2 Å². The summed E-state index contributed by atoms with van der Waals surface area (Å²) in [5, 5.41) is 2.78. The third-order valence-electron chi connectivity index (χ3n) is 5.10. The molecule has 12 heteroatoms. The van der Waals surface area contributed by atoms with Crippen molar-refractivity contribution in [3.05, 3.63) is 64.7 Å². The monoisotopic (exact) mass is 493 g/mol. The summed E-state index contributed by atoms with van der Waals surface area (Å²) in [4.78, 5) is 36.2. The highest BCUT2D eigenvalue weighted by atomic mass is 35.5. The van der Waals surface area contributed by atoms with Gasteiger partial charge in [0.1, 0.15) is 0 Å². The summed E-state index contributed by atoms with van der Waals surface area (Å²) in [5.41, 5.74) is 10.3. The van der Waals surface area contributed by atoms with Crippen LogP contribution in [0.25, 0.3) is 0 Å². The van der Waals surface area contributed by atoms with Crippen molar-refractivity contribution in [2.75, 3.05) is 13.1 Å². The molecule has 0 aromatic heterocycles. The minimum atomic E-state index is -3.69. The summed E-state index contributed by atoms with van der Waals surface area (Å²) >= 11 is 6.15. The predicted octanol–water partition coefficient (Wildman–Crippen LogP) is 1.69. The zero-order chi connectivity index (χ0) is 24.0. The topological polar surface area (TPSA) is 151 Å². The first kappa shape index (κ1) is 24.5. The molecule has 0 unspecified atom stereocenters. The second kappa shape index (κ2) is 10.6. The van der Waals surface area contributed by atoms with Gasteiger partial charge in [0.15, 0.2) is 0 Å². The lowest BCUT2D eigenvalue weighted by Crippen LogP contribution is -2.44. The molecule has 0 saturated carbocycles. The van der Waals surface area contributed by atoms with Crippen LogP contribution < -0.4 is 21.9 Å². The van der Waals surface area contributed by atoms with Crippen molar-refractivity contribution in [1.29, 1.82) is 0 Å². The number of hydrogen-bond donors (Lipinski definition) is 4. The molecule has 1 aliphatic heterocycles. The van der Waals surface area contributed by atoms with E-state index in [9.17, 15) is 22.8 Å². The fourth-order valence-electron chi connectivity index (χ4n) is 3.48. The standard InChI is InChI=1S/C21H24ClN5O5S/c22-17-9-2-1-8-16(17)18(24-21(23)30)13-19(28)25-26-20(29)14-6-5-7-15(12-14)33(31,32)27-10-3-4-11-27/h1-2,5-9,12,18H,3-4,10-11,13H2,(H,25,28)(H,26,29)(H3,23,24,30)/t18-/m0/s1. The molecule has 0 bridgehead atoms. The number of hydrazine groups is 1. The lowest BCUT2D eigenvalue weighted by Gasteiger charge is -2.19. The summed E-state index contributed by atoms with van der Waals surface area (Å²) in [6, 6.07) is 10.6. The summed E-state index contributed by atoms with van der Waals surface area (Å²) in [6.45, 7) is 0.890. The molecule has 1 saturated heterocycles. The molecular formula is C21H24ClN5O5S. The van der Waals surface area contributed by atoms with E-state index in [4.69, 9.17) is 17.3 Å². The number of nitrogens with zero attached hydrogens (tertiary/aromatic N) is 1. The van der Waals surface area contributed by atoms with Gasteiger partial charge in [-0.1, -0.05) is 35.9 Å². The van der Waals surface area contributed by atoms with Crippen LogP contribution in [0.4, 0.5) is 4.79 Å². The second-order valence-electron chi connectivity index (χ2n) is 7.43. The van der Waals surface area contributed by atoms with Gasteiger partial charge in [0, 0.05) is 23.7 Å². The molecule has 2 aromatic carbocycles. The van der Waals surface area contributed by atoms with E-state index in [-0.39, 0.29) is 16.9 Å². The van der Waals surface area contributed by atoms with Crippen LogP contribution in [-0.4, -0.2) is 43.7 Å². The minimum absolute atomic E-state index is 0.00724. The molecule has 5 N–H and O–H groups in total. The first-order valence-corrected chi connectivity index (χ1v) is 12.0. The highest BCUT2D eigenvalue weighted by Gasteiger charge is 2.27. The quantitative estimate of drug-likeness (QED) is 0.433. The van der Waals surface area contributed by atoms with Gasteiger partial charge in [0.05, 0.1) is 17.4 Å². The average Bonchev–Trinajstić information content (AvgIpc) is 3.33. The number of halogens is 1. The van der Waals surface area contributed by atoms with Crippen molar-refractivity contribution in [2.24, 2.45) is 5.73 Å². The Hall–Kier alpha value is -3.15. The highest BCUT2D eigenvalue weighted by molar-refractivity contribution is 7.89. The van der Waals surface area contributed by atoms with Gasteiger partial charge >= 0.3 is 6.03 Å². The number of nitrogens with one attached hydrogen (secondary N) is 3. The predicted molar refractivity (Wildman–Crippen MR) is 122 cm³/mol. The van der Waals surface area contributed by atoms with Crippen LogP contribution in [0, 0.1) is 0 Å². The summed E-state index contributed by atoms with van der Waals surface area (Å²) in [7, 11) is -3.69. The number of carbonyl (C=O) groups excluding carboxylic acids is 3. The lowest BCUT2D eigenvalue weighted by atomic mass is 10.0. The van der Waals surface area contributed by atoms with Gasteiger partial charge < -0.3 is 11.1 Å². The molecule has 4 amide bonds. The number of rotatable bonds is 7. The van der Waals surface area contributed by atoms with Gasteiger partial charge in [-0.3, -0.25) is 20.4 Å². The van der Waals surface area contributed by atoms with Gasteiger partial charge in [0.25, 0.3) is 5.91 Å². The highest BCUT2D eigenvalue weighted by Crippen LogP contribution is 2.25. The van der Waals surface area contributed by atoms with E-state index >= 15 is 0 Å². The summed E-state index contributed by atoms with van der Waals surface area (Å²) in [5.74, 6) is -1.32. The smallest absolute Gasteiger partial charge is 0.312 e. The number of hydrogen-bond acceptors (Lipinski definition) is 5. The summed E-state index contributed by atoms with van der Waals surface area (Å²) in [6.07, 6.45) is 1.34. The maximum Gasteiger partial charge on any atom is 0.312 e. The van der Waals surface area contributed by atoms with Gasteiger partial charge in [-0.2, -0.15) is 4.31 Å². The maximum atomic E-state index is 12.7. The Balaban J connectivity index is 1.64. The maximum absolute atomic E-state index is 12.7. The molecule has 10 nitrogen and oxygen atoms in total. The van der Waals surface area contributed by atoms with Crippen LogP contribution in [0.1, 0.15) is 41.2 Å². The minimum Gasteiger partial charge on any atom is -0.352 e. The second-order valence-corrected chi connectivity index (χ2v) is 9.77. The van der Waals surface area contributed by atoms with E-state index in [1.165, 1.54) is 28.6 Å². The fourth-order valence-corrected chi connectivity index (χ4v) is 5.31. The molecule has 33 heavy (non-hydrogen) atoms. The number of urea groups is 1. The molecule has 0 spiro atoms. The largest absolute Gasteiger partial charge is 0.352 e. The van der Waals surface area contributed by atoms with E-state index < -0.39 is 33.9 Å². The van der Waals surface area contributed by atoms with E-state index in [1.807, 2.05) is 0 Å². The van der Waals surface area contributed by atoms with Crippen LogP contribution in [0.5, 0.6) is 0 Å². The number of benzene rings is 2. The van der Waals surface area contributed by atoms with Gasteiger partial charge in [0.2, 0.25) is 15.9 Å². The van der Waals surface area contributed by atoms with Crippen molar-refractivity contribution < 1.29 is 22.8 Å². The van der Waals surface area contributed by atoms with Crippen LogP contribution >= 0.6 is 11.6 Å². The van der Waals surface area contributed by atoms with E-state index in [2.05, 4.69) is 16.2 Å². The molecular weight excluding hydrogens is 470 g/mol. The normalized spacial score (nSPS) is 14.9. The lowest BCUT2D eigenvalue weighted by molar-refractivity contribution is -0.122. The Morgan fingerprint density at radius 2 is 1.73 bits per heavy atom. The third kappa shape index (κ3) is 6.21. The molecule has 3 rings (SSSR count). The van der Waals surface area contributed by atoms with Gasteiger partial charge in [-0.05, 0) is 42.7 Å². The zero-order valence-electron chi connectivity index (χ0n) is 17.6. The molecule has 176 valence electrons. The SMILES string of the molecule is NC(=O)N[C@@H](CC(=O)NNC(=O)c1cccc(S(=O)(=O)N2CCCC2)c1)c1ccccc1Cl. The Bertz CT molecular complexity index is 1150. The third-order valence-corrected chi connectivity index (χ3v) is 7.34. The van der Waals surface area contributed by atoms with E-state index in [0.717, 1.165) is 12.8 Å². The van der Waals surface area contributed by atoms with E-state index in [1.54, 1.807) is 24.3 Å². The molecule has 1 aliphatic rings. The average molecular weight is 494 g/mol. The number of nitrogens with two attached hydrogens (primary N) is 1. The fraction of sp³-hybridized carbons (Fsp3) is 0.286. The van der Waals surface area contributed by atoms with Crippen LogP contribution in [0.15, 0.2) is 53.4 Å². The summed E-state index contributed by atoms with van der Waals surface area (Å²) < 4.78 is 26.8. The van der Waals surface area contributed by atoms with Crippen molar-refractivity contribution in [3.8, 4) is 0 Å². The first-order chi connectivity index (χ1) is 15.7. The number of carbonyl (C=O) groups is 3. The first-order valence-electron chi connectivity index (χ1n) is 10.2. The number of primary amides is 1. The Labute approximate surface area is 196 Å². The van der Waals surface area contributed by atoms with E-state index in [0.29, 0.717) is 23.7 Å². The molecule has 0 aliphatic carbocycles. The number of amides is 4. The molecule has 1 atom stereocenters. The zero-order valence-corrected chi connectivity index (χ0v) is 19.2. The Kier molecular flexibility index (Phi) is 7.90.